The van der Waals surface area contributed by atoms with Gasteiger partial charge in [0.1, 0.15) is 0 Å². The molecule has 0 spiro atoms. The third kappa shape index (κ3) is 2.19. The summed E-state index contributed by atoms with van der Waals surface area (Å²) < 4.78 is 5.25. The van der Waals surface area contributed by atoms with E-state index in [1.807, 2.05) is 6.92 Å². The van der Waals surface area contributed by atoms with Crippen LogP contribution < -0.4 is 5.73 Å². The number of ether oxygens (including phenoxy) is 1. The van der Waals surface area contributed by atoms with Crippen molar-refractivity contribution in [3.05, 3.63) is 0 Å². The first-order valence-corrected chi connectivity index (χ1v) is 4.09. The van der Waals surface area contributed by atoms with Crippen LogP contribution in [0.25, 0.3) is 0 Å². The average Bonchev–Trinajstić information content (AvgIpc) is 2.05. The summed E-state index contributed by atoms with van der Waals surface area (Å²) >= 11 is 0. The van der Waals surface area contributed by atoms with E-state index in [2.05, 4.69) is 0 Å². The van der Waals surface area contributed by atoms with Crippen LogP contribution in [0.4, 0.5) is 0 Å². The van der Waals surface area contributed by atoms with Gasteiger partial charge in [0.05, 0.1) is 6.61 Å². The molecule has 0 aromatic carbocycles. The predicted molar refractivity (Wildman–Crippen MR) is 41.9 cm³/mol. The maximum atomic E-state index is 10.8. The Morgan fingerprint density at radius 1 is 1.73 bits per heavy atom. The van der Waals surface area contributed by atoms with Gasteiger partial charge in [-0.05, 0) is 18.8 Å². The number of carbonyl (C=O) groups excluding carboxylic acids is 1. The van der Waals surface area contributed by atoms with Crippen molar-refractivity contribution >= 4 is 5.91 Å². The summed E-state index contributed by atoms with van der Waals surface area (Å²) in [7, 11) is 0. The molecule has 0 radical (unpaired) electrons. The lowest BCUT2D eigenvalue weighted by Gasteiger charge is -2.25. The van der Waals surface area contributed by atoms with E-state index in [1.165, 1.54) is 0 Å². The Morgan fingerprint density at radius 2 is 2.45 bits per heavy atom. The monoisotopic (exact) mass is 157 g/mol. The zero-order valence-corrected chi connectivity index (χ0v) is 6.88. The maximum absolute atomic E-state index is 10.8. The van der Waals surface area contributed by atoms with Crippen molar-refractivity contribution in [2.75, 3.05) is 13.2 Å². The molecule has 2 atom stereocenters. The van der Waals surface area contributed by atoms with Crippen LogP contribution in [0.5, 0.6) is 0 Å². The lowest BCUT2D eigenvalue weighted by molar-refractivity contribution is -0.124. The van der Waals surface area contributed by atoms with Crippen molar-refractivity contribution in [1.82, 2.24) is 0 Å². The summed E-state index contributed by atoms with van der Waals surface area (Å²) in [5.41, 5.74) is 5.17. The zero-order valence-electron chi connectivity index (χ0n) is 6.88. The van der Waals surface area contributed by atoms with Gasteiger partial charge in [-0.1, -0.05) is 6.92 Å². The second-order valence-electron chi connectivity index (χ2n) is 3.17. The minimum Gasteiger partial charge on any atom is -0.381 e. The first-order chi connectivity index (χ1) is 5.22. The summed E-state index contributed by atoms with van der Waals surface area (Å²) in [6.07, 6.45) is 2.13. The molecular weight excluding hydrogens is 142 g/mol. The van der Waals surface area contributed by atoms with Crippen molar-refractivity contribution in [3.63, 3.8) is 0 Å². The fourth-order valence-corrected chi connectivity index (χ4v) is 1.39. The first kappa shape index (κ1) is 8.53. The van der Waals surface area contributed by atoms with Crippen LogP contribution in [0, 0.1) is 11.8 Å². The Kier molecular flexibility index (Phi) is 2.88. The smallest absolute Gasteiger partial charge is 0.220 e. The normalized spacial score (nSPS) is 27.9. The van der Waals surface area contributed by atoms with E-state index in [4.69, 9.17) is 10.5 Å². The Bertz CT molecular complexity index is 141. The second-order valence-corrected chi connectivity index (χ2v) is 3.17. The molecule has 1 saturated heterocycles. The standard InChI is InChI=1S/C8H15NO2/c1-6(8(9)10)7-3-2-4-11-5-7/h6-7H,2-5H2,1H3,(H2,9,10)/t6?,7-/m1/s1. The highest BCUT2D eigenvalue weighted by atomic mass is 16.5. The quantitative estimate of drug-likeness (QED) is 0.635. The van der Waals surface area contributed by atoms with Crippen molar-refractivity contribution in [3.8, 4) is 0 Å². The summed E-state index contributed by atoms with van der Waals surface area (Å²) in [6.45, 7) is 3.41. The lowest BCUT2D eigenvalue weighted by Crippen LogP contribution is -2.32. The number of carbonyl (C=O) groups is 1. The van der Waals surface area contributed by atoms with Gasteiger partial charge in [-0.25, -0.2) is 0 Å². The van der Waals surface area contributed by atoms with Crippen molar-refractivity contribution < 1.29 is 9.53 Å². The van der Waals surface area contributed by atoms with Gasteiger partial charge < -0.3 is 10.5 Å². The average molecular weight is 157 g/mol. The van der Waals surface area contributed by atoms with E-state index in [9.17, 15) is 4.79 Å². The number of primary amides is 1. The molecule has 0 saturated carbocycles. The van der Waals surface area contributed by atoms with E-state index in [-0.39, 0.29) is 11.8 Å². The molecule has 1 heterocycles. The zero-order chi connectivity index (χ0) is 8.27. The number of rotatable bonds is 2. The van der Waals surface area contributed by atoms with Crippen LogP contribution in [0.3, 0.4) is 0 Å². The number of hydrogen-bond acceptors (Lipinski definition) is 2. The molecule has 3 nitrogen and oxygen atoms in total. The summed E-state index contributed by atoms with van der Waals surface area (Å²) in [4.78, 5) is 10.8. The van der Waals surface area contributed by atoms with Gasteiger partial charge >= 0.3 is 0 Å². The predicted octanol–water partition coefficient (Wildman–Crippen LogP) is 0.534. The molecule has 0 aromatic rings. The molecule has 1 fully saturated rings. The molecule has 11 heavy (non-hydrogen) atoms. The molecule has 0 aromatic heterocycles. The lowest BCUT2D eigenvalue weighted by atomic mass is 9.89. The minimum absolute atomic E-state index is 0.0321. The summed E-state index contributed by atoms with van der Waals surface area (Å²) in [6, 6.07) is 0. The molecule has 0 aliphatic carbocycles. The minimum atomic E-state index is -0.208. The maximum Gasteiger partial charge on any atom is 0.220 e. The molecule has 1 unspecified atom stereocenters. The van der Waals surface area contributed by atoms with E-state index in [0.29, 0.717) is 12.5 Å². The molecule has 3 heteroatoms. The fraction of sp³-hybridized carbons (Fsp3) is 0.875. The Balaban J connectivity index is 2.38. The second kappa shape index (κ2) is 3.72. The van der Waals surface area contributed by atoms with Crippen LogP contribution in [-0.2, 0) is 9.53 Å². The van der Waals surface area contributed by atoms with E-state index in [1.54, 1.807) is 0 Å². The van der Waals surface area contributed by atoms with E-state index >= 15 is 0 Å². The van der Waals surface area contributed by atoms with Gasteiger partial charge in [0.15, 0.2) is 0 Å². The third-order valence-corrected chi connectivity index (χ3v) is 2.35. The summed E-state index contributed by atoms with van der Waals surface area (Å²) in [5.74, 6) is 0.108. The van der Waals surface area contributed by atoms with Crippen molar-refractivity contribution in [1.29, 1.82) is 0 Å². The van der Waals surface area contributed by atoms with E-state index in [0.717, 1.165) is 19.4 Å². The van der Waals surface area contributed by atoms with Crippen molar-refractivity contribution in [2.24, 2.45) is 17.6 Å². The van der Waals surface area contributed by atoms with Crippen LogP contribution in [-0.4, -0.2) is 19.1 Å². The summed E-state index contributed by atoms with van der Waals surface area (Å²) in [5, 5.41) is 0. The third-order valence-electron chi connectivity index (χ3n) is 2.35. The molecule has 0 bridgehead atoms. The van der Waals surface area contributed by atoms with E-state index < -0.39 is 0 Å². The molecule has 1 amide bonds. The van der Waals surface area contributed by atoms with Crippen molar-refractivity contribution in [2.45, 2.75) is 19.8 Å². The van der Waals surface area contributed by atoms with Crippen LogP contribution in [0.15, 0.2) is 0 Å². The Labute approximate surface area is 66.9 Å². The van der Waals surface area contributed by atoms with Crippen LogP contribution in [0.1, 0.15) is 19.8 Å². The molecule has 1 rings (SSSR count). The van der Waals surface area contributed by atoms with Gasteiger partial charge in [0, 0.05) is 12.5 Å². The fourth-order valence-electron chi connectivity index (χ4n) is 1.39. The highest BCUT2D eigenvalue weighted by Crippen LogP contribution is 2.21. The van der Waals surface area contributed by atoms with Crippen LogP contribution >= 0.6 is 0 Å². The van der Waals surface area contributed by atoms with Gasteiger partial charge in [-0.2, -0.15) is 0 Å². The molecule has 2 N–H and O–H groups in total. The topological polar surface area (TPSA) is 52.3 Å². The highest BCUT2D eigenvalue weighted by molar-refractivity contribution is 5.76. The number of amides is 1. The molecular formula is C8H15NO2. The largest absolute Gasteiger partial charge is 0.381 e. The first-order valence-electron chi connectivity index (χ1n) is 4.09. The molecule has 64 valence electrons. The Morgan fingerprint density at radius 3 is 2.91 bits per heavy atom. The Hall–Kier alpha value is -0.570. The van der Waals surface area contributed by atoms with Crippen LogP contribution in [0.2, 0.25) is 0 Å². The SMILES string of the molecule is CC(C(N)=O)[C@@H]1CCCOC1. The number of hydrogen-bond donors (Lipinski definition) is 1. The molecule has 1 aliphatic rings. The number of nitrogens with two attached hydrogens (primary N) is 1. The highest BCUT2D eigenvalue weighted by Gasteiger charge is 2.23. The van der Waals surface area contributed by atoms with Gasteiger partial charge in [0.2, 0.25) is 5.91 Å². The van der Waals surface area contributed by atoms with Gasteiger partial charge in [-0.3, -0.25) is 4.79 Å². The molecule has 1 aliphatic heterocycles. The van der Waals surface area contributed by atoms with Gasteiger partial charge in [-0.15, -0.1) is 0 Å². The van der Waals surface area contributed by atoms with Gasteiger partial charge in [0.25, 0.3) is 0 Å².